The van der Waals surface area contributed by atoms with Gasteiger partial charge in [0, 0.05) is 6.20 Å². The predicted octanol–water partition coefficient (Wildman–Crippen LogP) is 3.04. The SMILES string of the molecule is CCOc1ccc(S(=O)(=O)Nc2cccnc2Br)cc1. The largest absolute Gasteiger partial charge is 0.494 e. The number of benzene rings is 1. The molecule has 0 unspecified atom stereocenters. The van der Waals surface area contributed by atoms with Gasteiger partial charge in [-0.05, 0) is 59.3 Å². The highest BCUT2D eigenvalue weighted by Gasteiger charge is 2.15. The normalized spacial score (nSPS) is 11.1. The van der Waals surface area contributed by atoms with Crippen molar-refractivity contribution in [1.82, 2.24) is 4.98 Å². The molecule has 7 heteroatoms. The van der Waals surface area contributed by atoms with Crippen molar-refractivity contribution in [3.8, 4) is 5.75 Å². The fourth-order valence-electron chi connectivity index (χ4n) is 1.55. The van der Waals surface area contributed by atoms with Crippen LogP contribution in [-0.2, 0) is 10.0 Å². The summed E-state index contributed by atoms with van der Waals surface area (Å²) >= 11 is 3.20. The second kappa shape index (κ2) is 6.23. The van der Waals surface area contributed by atoms with Crippen LogP contribution < -0.4 is 9.46 Å². The summed E-state index contributed by atoms with van der Waals surface area (Å²) in [6.45, 7) is 2.40. The Balaban J connectivity index is 2.24. The summed E-state index contributed by atoms with van der Waals surface area (Å²) in [6, 6.07) is 9.52. The molecule has 0 fully saturated rings. The van der Waals surface area contributed by atoms with Crippen LogP contribution in [0.1, 0.15) is 6.92 Å². The smallest absolute Gasteiger partial charge is 0.261 e. The second-order valence-corrected chi connectivity index (χ2v) is 6.29. The maximum absolute atomic E-state index is 12.2. The highest BCUT2D eigenvalue weighted by molar-refractivity contribution is 9.10. The van der Waals surface area contributed by atoms with Gasteiger partial charge in [0.05, 0.1) is 17.2 Å². The van der Waals surface area contributed by atoms with E-state index in [2.05, 4.69) is 25.6 Å². The molecule has 0 spiro atoms. The number of ether oxygens (including phenoxy) is 1. The number of rotatable bonds is 5. The van der Waals surface area contributed by atoms with Gasteiger partial charge in [-0.15, -0.1) is 0 Å². The molecule has 106 valence electrons. The van der Waals surface area contributed by atoms with Gasteiger partial charge in [0.2, 0.25) is 0 Å². The molecule has 0 atom stereocenters. The quantitative estimate of drug-likeness (QED) is 0.836. The molecule has 0 aliphatic carbocycles. The van der Waals surface area contributed by atoms with Crippen LogP contribution in [0, 0.1) is 0 Å². The number of aromatic nitrogens is 1. The number of hydrogen-bond donors (Lipinski definition) is 1. The summed E-state index contributed by atoms with van der Waals surface area (Å²) in [5.41, 5.74) is 0.390. The van der Waals surface area contributed by atoms with Crippen LogP contribution in [0.15, 0.2) is 52.1 Å². The van der Waals surface area contributed by atoms with Crippen LogP contribution in [0.25, 0.3) is 0 Å². The van der Waals surface area contributed by atoms with Gasteiger partial charge in [0.25, 0.3) is 10.0 Å². The van der Waals surface area contributed by atoms with E-state index < -0.39 is 10.0 Å². The van der Waals surface area contributed by atoms with E-state index in [1.54, 1.807) is 30.5 Å². The molecule has 1 aromatic carbocycles. The molecule has 0 aliphatic heterocycles. The van der Waals surface area contributed by atoms with Gasteiger partial charge >= 0.3 is 0 Å². The monoisotopic (exact) mass is 356 g/mol. The Morgan fingerprint density at radius 2 is 1.95 bits per heavy atom. The topological polar surface area (TPSA) is 68.3 Å². The molecule has 0 bridgehead atoms. The standard InChI is InChI=1S/C13H13BrN2O3S/c1-2-19-10-5-7-11(8-6-10)20(17,18)16-12-4-3-9-15-13(12)14/h3-9,16H,2H2,1H3. The molecule has 1 N–H and O–H groups in total. The number of sulfonamides is 1. The number of pyridine rings is 1. The van der Waals surface area contributed by atoms with Gasteiger partial charge in [-0.2, -0.15) is 0 Å². The third-order valence-electron chi connectivity index (χ3n) is 2.45. The van der Waals surface area contributed by atoms with E-state index in [1.807, 2.05) is 6.92 Å². The molecule has 0 aliphatic rings. The van der Waals surface area contributed by atoms with Crippen LogP contribution >= 0.6 is 15.9 Å². The zero-order chi connectivity index (χ0) is 14.6. The van der Waals surface area contributed by atoms with Gasteiger partial charge in [-0.1, -0.05) is 0 Å². The molecule has 1 aromatic heterocycles. The van der Waals surface area contributed by atoms with Gasteiger partial charge in [0.1, 0.15) is 10.4 Å². The number of nitrogens with one attached hydrogen (secondary N) is 1. The molecule has 0 saturated carbocycles. The fraction of sp³-hybridized carbons (Fsp3) is 0.154. The van der Waals surface area contributed by atoms with Crippen molar-refractivity contribution in [1.29, 1.82) is 0 Å². The molecule has 1 heterocycles. The summed E-state index contributed by atoms with van der Waals surface area (Å²) in [5, 5.41) is 0. The summed E-state index contributed by atoms with van der Waals surface area (Å²) in [7, 11) is -3.64. The van der Waals surface area contributed by atoms with Crippen molar-refractivity contribution in [2.75, 3.05) is 11.3 Å². The van der Waals surface area contributed by atoms with Gasteiger partial charge in [-0.3, -0.25) is 4.72 Å². The Hall–Kier alpha value is -1.60. The summed E-state index contributed by atoms with van der Waals surface area (Å²) in [6.07, 6.45) is 1.57. The lowest BCUT2D eigenvalue weighted by Gasteiger charge is -2.09. The third kappa shape index (κ3) is 3.49. The van der Waals surface area contributed by atoms with E-state index in [0.717, 1.165) is 0 Å². The highest BCUT2D eigenvalue weighted by Crippen LogP contribution is 2.23. The van der Waals surface area contributed by atoms with Crippen molar-refractivity contribution in [2.45, 2.75) is 11.8 Å². The Bertz CT molecular complexity index is 687. The van der Waals surface area contributed by atoms with E-state index in [4.69, 9.17) is 4.74 Å². The van der Waals surface area contributed by atoms with E-state index in [1.165, 1.54) is 12.1 Å². The van der Waals surface area contributed by atoms with Crippen molar-refractivity contribution in [3.05, 3.63) is 47.2 Å². The Morgan fingerprint density at radius 3 is 2.55 bits per heavy atom. The predicted molar refractivity (Wildman–Crippen MR) is 80.4 cm³/mol. The van der Waals surface area contributed by atoms with Crippen LogP contribution in [0.4, 0.5) is 5.69 Å². The zero-order valence-corrected chi connectivity index (χ0v) is 13.1. The number of nitrogens with zero attached hydrogens (tertiary/aromatic N) is 1. The van der Waals surface area contributed by atoms with Crippen molar-refractivity contribution in [3.63, 3.8) is 0 Å². The lowest BCUT2D eigenvalue weighted by molar-refractivity contribution is 0.340. The summed E-state index contributed by atoms with van der Waals surface area (Å²) in [5.74, 6) is 0.633. The summed E-state index contributed by atoms with van der Waals surface area (Å²) in [4.78, 5) is 4.13. The van der Waals surface area contributed by atoms with Gasteiger partial charge in [0.15, 0.2) is 0 Å². The lowest BCUT2D eigenvalue weighted by Crippen LogP contribution is -2.13. The van der Waals surface area contributed by atoms with Crippen molar-refractivity contribution < 1.29 is 13.2 Å². The maximum Gasteiger partial charge on any atom is 0.261 e. The second-order valence-electron chi connectivity index (χ2n) is 3.85. The van der Waals surface area contributed by atoms with Crippen LogP contribution in [0.2, 0.25) is 0 Å². The van der Waals surface area contributed by atoms with E-state index in [0.29, 0.717) is 22.6 Å². The zero-order valence-electron chi connectivity index (χ0n) is 10.7. The molecule has 2 aromatic rings. The van der Waals surface area contributed by atoms with Crippen molar-refractivity contribution in [2.24, 2.45) is 0 Å². The van der Waals surface area contributed by atoms with Crippen LogP contribution in [-0.4, -0.2) is 20.0 Å². The average Bonchev–Trinajstić information content (AvgIpc) is 2.42. The number of anilines is 1. The highest BCUT2D eigenvalue weighted by atomic mass is 79.9. The Morgan fingerprint density at radius 1 is 1.25 bits per heavy atom. The molecular formula is C13H13BrN2O3S. The van der Waals surface area contributed by atoms with E-state index >= 15 is 0 Å². The minimum Gasteiger partial charge on any atom is -0.494 e. The number of hydrogen-bond acceptors (Lipinski definition) is 4. The first kappa shape index (κ1) is 14.8. The molecule has 0 saturated heterocycles. The summed E-state index contributed by atoms with van der Waals surface area (Å²) < 4.78 is 32.6. The van der Waals surface area contributed by atoms with Gasteiger partial charge in [-0.25, -0.2) is 13.4 Å². The first-order valence-electron chi connectivity index (χ1n) is 5.89. The molecule has 0 radical (unpaired) electrons. The molecule has 0 amide bonds. The van der Waals surface area contributed by atoms with Crippen LogP contribution in [0.5, 0.6) is 5.75 Å². The van der Waals surface area contributed by atoms with Crippen LogP contribution in [0.3, 0.4) is 0 Å². The molecule has 5 nitrogen and oxygen atoms in total. The molecule has 20 heavy (non-hydrogen) atoms. The molecular weight excluding hydrogens is 344 g/mol. The van der Waals surface area contributed by atoms with Crippen molar-refractivity contribution >= 4 is 31.6 Å². The van der Waals surface area contributed by atoms with Gasteiger partial charge < -0.3 is 4.74 Å². The maximum atomic E-state index is 12.2. The minimum absolute atomic E-state index is 0.164. The fourth-order valence-corrected chi connectivity index (χ4v) is 3.09. The first-order valence-corrected chi connectivity index (χ1v) is 8.17. The Labute approximate surface area is 126 Å². The first-order chi connectivity index (χ1) is 9.53. The average molecular weight is 357 g/mol. The third-order valence-corrected chi connectivity index (χ3v) is 4.46. The lowest BCUT2D eigenvalue weighted by atomic mass is 10.3. The minimum atomic E-state index is -3.64. The Kier molecular flexibility index (Phi) is 4.61. The number of halogens is 1. The molecule has 2 rings (SSSR count). The van der Waals surface area contributed by atoms with E-state index in [-0.39, 0.29) is 4.90 Å². The van der Waals surface area contributed by atoms with E-state index in [9.17, 15) is 8.42 Å².